The van der Waals surface area contributed by atoms with Crippen molar-refractivity contribution in [2.24, 2.45) is 0 Å². The molecule has 0 saturated heterocycles. The van der Waals surface area contributed by atoms with Gasteiger partial charge >= 0.3 is 0 Å². The third kappa shape index (κ3) is 11.9. The molecular weight excluding hydrogens is 296 g/mol. The Hall–Kier alpha value is -0.600. The third-order valence-electron chi connectivity index (χ3n) is 4.89. The Morgan fingerprint density at radius 2 is 1.12 bits per heavy atom. The summed E-state index contributed by atoms with van der Waals surface area (Å²) in [6.07, 6.45) is 22.1. The van der Waals surface area contributed by atoms with E-state index in [2.05, 4.69) is 13.2 Å². The van der Waals surface area contributed by atoms with Crippen LogP contribution in [0, 0.1) is 0 Å². The lowest BCUT2D eigenvalue weighted by Gasteiger charge is -2.29. The molecule has 0 bridgehead atoms. The monoisotopic (exact) mass is 336 g/mol. The second-order valence-corrected chi connectivity index (χ2v) is 7.14. The number of hydrogen-bond donors (Lipinski definition) is 0. The first-order valence-corrected chi connectivity index (χ1v) is 10.3. The molecule has 0 aromatic heterocycles. The van der Waals surface area contributed by atoms with Crippen LogP contribution in [0.3, 0.4) is 0 Å². The number of hydrogen-bond acceptors (Lipinski definition) is 2. The van der Waals surface area contributed by atoms with Crippen LogP contribution in [0.1, 0.15) is 89.9 Å². The normalized spacial score (nSPS) is 20.8. The first-order valence-electron chi connectivity index (χ1n) is 10.3. The molecule has 140 valence electrons. The summed E-state index contributed by atoms with van der Waals surface area (Å²) >= 11 is 0. The van der Waals surface area contributed by atoms with E-state index in [1.807, 2.05) is 12.2 Å². The lowest BCUT2D eigenvalue weighted by Crippen LogP contribution is -2.28. The molecule has 1 aliphatic carbocycles. The van der Waals surface area contributed by atoms with Crippen LogP contribution in [0.4, 0.5) is 0 Å². The molecule has 2 nitrogen and oxygen atoms in total. The second-order valence-electron chi connectivity index (χ2n) is 7.14. The Kier molecular flexibility index (Phi) is 14.2. The molecule has 0 radical (unpaired) electrons. The second kappa shape index (κ2) is 15.9. The van der Waals surface area contributed by atoms with E-state index in [1.165, 1.54) is 70.6 Å². The van der Waals surface area contributed by atoms with E-state index in [4.69, 9.17) is 9.47 Å². The minimum Gasteiger partial charge on any atom is -0.378 e. The molecule has 1 saturated carbocycles. The fourth-order valence-corrected chi connectivity index (χ4v) is 3.39. The summed E-state index contributed by atoms with van der Waals surface area (Å²) in [6, 6.07) is 0. The molecule has 0 heterocycles. The third-order valence-corrected chi connectivity index (χ3v) is 4.89. The zero-order valence-electron chi connectivity index (χ0n) is 15.9. The fourth-order valence-electron chi connectivity index (χ4n) is 3.39. The average Bonchev–Trinajstić information content (AvgIpc) is 2.60. The zero-order chi connectivity index (χ0) is 17.3. The quantitative estimate of drug-likeness (QED) is 0.233. The van der Waals surface area contributed by atoms with Crippen molar-refractivity contribution in [1.82, 2.24) is 0 Å². The van der Waals surface area contributed by atoms with Gasteiger partial charge in [-0.3, -0.25) is 0 Å². The maximum atomic E-state index is 6.08. The van der Waals surface area contributed by atoms with Gasteiger partial charge in [0.2, 0.25) is 0 Å². The van der Waals surface area contributed by atoms with Gasteiger partial charge in [0.25, 0.3) is 0 Å². The summed E-state index contributed by atoms with van der Waals surface area (Å²) < 4.78 is 12.2. The van der Waals surface area contributed by atoms with Crippen molar-refractivity contribution in [3.8, 4) is 0 Å². The highest BCUT2D eigenvalue weighted by atomic mass is 16.5. The fraction of sp³-hybridized carbons (Fsp3) is 0.818. The molecule has 1 fully saturated rings. The van der Waals surface area contributed by atoms with Gasteiger partial charge in [-0.15, -0.1) is 13.2 Å². The Bertz CT molecular complexity index is 272. The van der Waals surface area contributed by atoms with E-state index >= 15 is 0 Å². The highest BCUT2D eigenvalue weighted by molar-refractivity contribution is 4.74. The molecule has 0 aromatic carbocycles. The number of unbranched alkanes of at least 4 members (excludes halogenated alkanes) is 8. The van der Waals surface area contributed by atoms with Gasteiger partial charge in [0.1, 0.15) is 0 Å². The van der Waals surface area contributed by atoms with E-state index < -0.39 is 0 Å². The van der Waals surface area contributed by atoms with Crippen molar-refractivity contribution in [3.05, 3.63) is 25.3 Å². The summed E-state index contributed by atoms with van der Waals surface area (Å²) in [4.78, 5) is 0. The van der Waals surface area contributed by atoms with Crippen LogP contribution in [0.25, 0.3) is 0 Å². The smallest absolute Gasteiger partial charge is 0.0599 e. The van der Waals surface area contributed by atoms with Gasteiger partial charge in [-0.05, 0) is 64.2 Å². The van der Waals surface area contributed by atoms with Crippen LogP contribution < -0.4 is 0 Å². The molecule has 0 spiro atoms. The summed E-state index contributed by atoms with van der Waals surface area (Å²) in [5, 5.41) is 0. The number of rotatable bonds is 16. The summed E-state index contributed by atoms with van der Waals surface area (Å²) in [6.45, 7) is 9.38. The van der Waals surface area contributed by atoms with E-state index in [-0.39, 0.29) is 0 Å². The molecule has 1 rings (SSSR count). The Morgan fingerprint density at radius 3 is 1.58 bits per heavy atom. The van der Waals surface area contributed by atoms with Crippen LogP contribution in [-0.2, 0) is 9.47 Å². The van der Waals surface area contributed by atoms with Gasteiger partial charge in [-0.25, -0.2) is 0 Å². The summed E-state index contributed by atoms with van der Waals surface area (Å²) in [7, 11) is 0. The molecule has 2 unspecified atom stereocenters. The lowest BCUT2D eigenvalue weighted by molar-refractivity contribution is -0.0460. The van der Waals surface area contributed by atoms with Gasteiger partial charge in [-0.1, -0.05) is 37.8 Å². The van der Waals surface area contributed by atoms with Crippen molar-refractivity contribution in [1.29, 1.82) is 0 Å². The molecular formula is C22H40O2. The molecule has 0 N–H and O–H groups in total. The maximum Gasteiger partial charge on any atom is 0.0599 e. The van der Waals surface area contributed by atoms with Gasteiger partial charge < -0.3 is 9.47 Å². The van der Waals surface area contributed by atoms with Crippen molar-refractivity contribution in [3.63, 3.8) is 0 Å². The predicted octanol–water partition coefficient (Wildman–Crippen LogP) is 6.60. The Balaban J connectivity index is 1.95. The zero-order valence-corrected chi connectivity index (χ0v) is 15.9. The predicted molar refractivity (Wildman–Crippen MR) is 105 cm³/mol. The van der Waals surface area contributed by atoms with Crippen LogP contribution in [0.5, 0.6) is 0 Å². The standard InChI is InChI=1S/C22H40O2/c1-3-5-7-9-11-13-18-23-21-16-15-17-22(20-21)24-19-14-12-10-8-6-4-2/h3-4,21-22H,1-2,5-20H2. The topological polar surface area (TPSA) is 18.5 Å². The molecule has 2 heteroatoms. The largest absolute Gasteiger partial charge is 0.378 e. The van der Waals surface area contributed by atoms with Gasteiger partial charge in [0.05, 0.1) is 12.2 Å². The molecule has 1 aliphatic rings. The van der Waals surface area contributed by atoms with E-state index in [9.17, 15) is 0 Å². The minimum absolute atomic E-state index is 0.435. The van der Waals surface area contributed by atoms with E-state index in [1.54, 1.807) is 0 Å². The van der Waals surface area contributed by atoms with E-state index in [0.717, 1.165) is 32.5 Å². The summed E-state index contributed by atoms with van der Waals surface area (Å²) in [5.74, 6) is 0. The lowest BCUT2D eigenvalue weighted by atomic mass is 9.95. The van der Waals surface area contributed by atoms with Crippen LogP contribution >= 0.6 is 0 Å². The Morgan fingerprint density at radius 1 is 0.667 bits per heavy atom. The summed E-state index contributed by atoms with van der Waals surface area (Å²) in [5.41, 5.74) is 0. The van der Waals surface area contributed by atoms with Gasteiger partial charge in [0.15, 0.2) is 0 Å². The Labute approximate surface area is 150 Å². The highest BCUT2D eigenvalue weighted by Crippen LogP contribution is 2.24. The SMILES string of the molecule is C=CCCCCCCOC1CCCC(OCCCCCCC=C)C1. The molecule has 24 heavy (non-hydrogen) atoms. The van der Waals surface area contributed by atoms with Crippen molar-refractivity contribution in [2.45, 2.75) is 102 Å². The van der Waals surface area contributed by atoms with Gasteiger partial charge in [-0.2, -0.15) is 0 Å². The van der Waals surface area contributed by atoms with Gasteiger partial charge in [0, 0.05) is 13.2 Å². The van der Waals surface area contributed by atoms with Crippen LogP contribution in [0.2, 0.25) is 0 Å². The minimum atomic E-state index is 0.435. The molecule has 0 amide bonds. The average molecular weight is 337 g/mol. The maximum absolute atomic E-state index is 6.08. The number of allylic oxidation sites excluding steroid dienone is 2. The highest BCUT2D eigenvalue weighted by Gasteiger charge is 2.22. The van der Waals surface area contributed by atoms with Crippen molar-refractivity contribution < 1.29 is 9.47 Å². The van der Waals surface area contributed by atoms with Crippen molar-refractivity contribution >= 4 is 0 Å². The van der Waals surface area contributed by atoms with E-state index in [0.29, 0.717) is 12.2 Å². The first-order chi connectivity index (χ1) is 11.9. The van der Waals surface area contributed by atoms with Crippen LogP contribution in [0.15, 0.2) is 25.3 Å². The molecule has 0 aliphatic heterocycles. The molecule has 2 atom stereocenters. The molecule has 0 aromatic rings. The van der Waals surface area contributed by atoms with Crippen molar-refractivity contribution in [2.75, 3.05) is 13.2 Å². The first kappa shape index (κ1) is 21.4. The van der Waals surface area contributed by atoms with Crippen LogP contribution in [-0.4, -0.2) is 25.4 Å². The number of ether oxygens (including phenoxy) is 2.